The lowest BCUT2D eigenvalue weighted by molar-refractivity contribution is 0.0690. The van der Waals surface area contributed by atoms with Crippen LogP contribution in [-0.2, 0) is 0 Å². The molecule has 2 heterocycles. The molecule has 1 aromatic rings. The van der Waals surface area contributed by atoms with E-state index in [9.17, 15) is 4.79 Å². The molecular weight excluding hydrogens is 250 g/mol. The van der Waals surface area contributed by atoms with Gasteiger partial charge in [0.15, 0.2) is 10.8 Å². The van der Waals surface area contributed by atoms with E-state index in [0.717, 1.165) is 29.6 Å². The molecule has 0 saturated carbocycles. The highest BCUT2D eigenvalue weighted by Crippen LogP contribution is 2.23. The fourth-order valence-electron chi connectivity index (χ4n) is 2.17. The largest absolute Gasteiger partial charge is 0.476 e. The van der Waals surface area contributed by atoms with Gasteiger partial charge in [0, 0.05) is 11.4 Å². The van der Waals surface area contributed by atoms with Crippen LogP contribution in [0.4, 0.5) is 5.13 Å². The molecule has 1 aliphatic rings. The number of aromatic carboxylic acids is 1. The van der Waals surface area contributed by atoms with E-state index in [1.807, 2.05) is 0 Å². The van der Waals surface area contributed by atoms with Gasteiger partial charge >= 0.3 is 5.97 Å². The van der Waals surface area contributed by atoms with Crippen LogP contribution >= 0.6 is 11.3 Å². The molecule has 18 heavy (non-hydrogen) atoms. The van der Waals surface area contributed by atoms with Gasteiger partial charge in [-0.3, -0.25) is 0 Å². The Kier molecular flexibility index (Phi) is 4.19. The van der Waals surface area contributed by atoms with Crippen molar-refractivity contribution in [2.24, 2.45) is 5.92 Å². The Balaban J connectivity index is 1.86. The molecule has 6 heteroatoms. The maximum absolute atomic E-state index is 10.9. The van der Waals surface area contributed by atoms with Crippen LogP contribution in [0, 0.1) is 12.8 Å². The van der Waals surface area contributed by atoms with Crippen LogP contribution in [-0.4, -0.2) is 47.6 Å². The Morgan fingerprint density at radius 3 is 2.78 bits per heavy atom. The summed E-state index contributed by atoms with van der Waals surface area (Å²) >= 11 is 1.42. The number of carboxylic acids is 1. The first-order chi connectivity index (χ1) is 8.56. The monoisotopic (exact) mass is 269 g/mol. The lowest BCUT2D eigenvalue weighted by atomic mass is 9.97. The van der Waals surface area contributed by atoms with E-state index >= 15 is 0 Å². The van der Waals surface area contributed by atoms with Crippen molar-refractivity contribution in [1.82, 2.24) is 9.88 Å². The Morgan fingerprint density at radius 2 is 2.22 bits per heavy atom. The second kappa shape index (κ2) is 5.67. The number of anilines is 1. The predicted octanol–water partition coefficient (Wildman–Crippen LogP) is 1.90. The number of hydrogen-bond donors (Lipinski definition) is 2. The third-order valence-electron chi connectivity index (χ3n) is 3.38. The Labute approximate surface area is 111 Å². The van der Waals surface area contributed by atoms with Crippen molar-refractivity contribution in [2.45, 2.75) is 19.8 Å². The molecule has 1 aromatic heterocycles. The highest BCUT2D eigenvalue weighted by atomic mass is 32.1. The molecular formula is C12H19N3O2S. The first-order valence-electron chi connectivity index (χ1n) is 6.19. The van der Waals surface area contributed by atoms with E-state index in [1.54, 1.807) is 6.92 Å². The molecule has 2 rings (SSSR count). The SMILES string of the molecule is Cc1sc(NCC2CCN(C)CC2)nc1C(=O)O. The molecule has 1 fully saturated rings. The number of hydrogen-bond acceptors (Lipinski definition) is 5. The fraction of sp³-hybridized carbons (Fsp3) is 0.667. The summed E-state index contributed by atoms with van der Waals surface area (Å²) < 4.78 is 0. The van der Waals surface area contributed by atoms with Crippen LogP contribution in [0.3, 0.4) is 0 Å². The summed E-state index contributed by atoms with van der Waals surface area (Å²) in [7, 11) is 2.15. The number of nitrogens with one attached hydrogen (secondary N) is 1. The minimum atomic E-state index is -0.948. The highest BCUT2D eigenvalue weighted by molar-refractivity contribution is 7.15. The van der Waals surface area contributed by atoms with E-state index in [4.69, 9.17) is 5.11 Å². The maximum atomic E-state index is 10.9. The van der Waals surface area contributed by atoms with Gasteiger partial charge in [-0.25, -0.2) is 9.78 Å². The number of aryl methyl sites for hydroxylation is 1. The van der Waals surface area contributed by atoms with E-state index in [2.05, 4.69) is 22.2 Å². The standard InChI is InChI=1S/C12H19N3O2S/c1-8-10(11(16)17)14-12(18-8)13-7-9-3-5-15(2)6-4-9/h9H,3-7H2,1-2H3,(H,13,14)(H,16,17). The van der Waals surface area contributed by atoms with Crippen LogP contribution < -0.4 is 5.32 Å². The first kappa shape index (κ1) is 13.3. The van der Waals surface area contributed by atoms with E-state index in [-0.39, 0.29) is 5.69 Å². The molecule has 0 aliphatic carbocycles. The molecule has 5 nitrogen and oxygen atoms in total. The van der Waals surface area contributed by atoms with Crippen molar-refractivity contribution in [2.75, 3.05) is 32.0 Å². The number of piperidine rings is 1. The highest BCUT2D eigenvalue weighted by Gasteiger charge is 2.18. The molecule has 2 N–H and O–H groups in total. The minimum Gasteiger partial charge on any atom is -0.476 e. The molecule has 1 saturated heterocycles. The molecule has 0 aromatic carbocycles. The lowest BCUT2D eigenvalue weighted by Crippen LogP contribution is -2.32. The molecule has 0 amide bonds. The number of aromatic nitrogens is 1. The zero-order chi connectivity index (χ0) is 13.1. The zero-order valence-corrected chi connectivity index (χ0v) is 11.6. The van der Waals surface area contributed by atoms with Crippen molar-refractivity contribution >= 4 is 22.4 Å². The van der Waals surface area contributed by atoms with Crippen LogP contribution in [0.1, 0.15) is 28.2 Å². The second-order valence-corrected chi connectivity index (χ2v) is 6.06. The van der Waals surface area contributed by atoms with Crippen molar-refractivity contribution in [3.8, 4) is 0 Å². The van der Waals surface area contributed by atoms with Crippen LogP contribution in [0.5, 0.6) is 0 Å². The molecule has 1 aliphatic heterocycles. The summed E-state index contributed by atoms with van der Waals surface area (Å²) in [6, 6.07) is 0. The molecule has 100 valence electrons. The van der Waals surface area contributed by atoms with Gasteiger partial charge < -0.3 is 15.3 Å². The predicted molar refractivity (Wildman–Crippen MR) is 72.5 cm³/mol. The number of likely N-dealkylation sites (tertiary alicyclic amines) is 1. The van der Waals surface area contributed by atoms with Gasteiger partial charge in [0.1, 0.15) is 0 Å². The van der Waals surface area contributed by atoms with Crippen molar-refractivity contribution < 1.29 is 9.90 Å². The minimum absolute atomic E-state index is 0.172. The van der Waals surface area contributed by atoms with Gasteiger partial charge in [0.25, 0.3) is 0 Å². The third kappa shape index (κ3) is 3.20. The van der Waals surface area contributed by atoms with Gasteiger partial charge in [-0.1, -0.05) is 0 Å². The molecule has 0 spiro atoms. The van der Waals surface area contributed by atoms with Gasteiger partial charge in [-0.2, -0.15) is 0 Å². The average molecular weight is 269 g/mol. The summed E-state index contributed by atoms with van der Waals surface area (Å²) in [4.78, 5) is 18.1. The summed E-state index contributed by atoms with van der Waals surface area (Å²) in [5.41, 5.74) is 0.172. The summed E-state index contributed by atoms with van der Waals surface area (Å²) in [6.07, 6.45) is 2.39. The average Bonchev–Trinajstić information content (AvgIpc) is 2.70. The zero-order valence-electron chi connectivity index (χ0n) is 10.8. The number of carbonyl (C=O) groups is 1. The summed E-state index contributed by atoms with van der Waals surface area (Å²) in [5.74, 6) is -0.283. The molecule has 0 unspecified atom stereocenters. The molecule has 0 bridgehead atoms. The number of rotatable bonds is 4. The quantitative estimate of drug-likeness (QED) is 0.874. The van der Waals surface area contributed by atoms with Crippen molar-refractivity contribution in [3.05, 3.63) is 10.6 Å². The number of thiazole rings is 1. The summed E-state index contributed by atoms with van der Waals surface area (Å²) in [5, 5.41) is 12.9. The van der Waals surface area contributed by atoms with Crippen molar-refractivity contribution in [1.29, 1.82) is 0 Å². The van der Waals surface area contributed by atoms with Gasteiger partial charge in [0.2, 0.25) is 0 Å². The number of carboxylic acid groups (broad SMARTS) is 1. The van der Waals surface area contributed by atoms with E-state index < -0.39 is 5.97 Å². The normalized spacial score (nSPS) is 17.9. The van der Waals surface area contributed by atoms with Crippen LogP contribution in [0.25, 0.3) is 0 Å². The lowest BCUT2D eigenvalue weighted by Gasteiger charge is -2.28. The Bertz CT molecular complexity index is 425. The Hall–Kier alpha value is -1.14. The molecule has 0 radical (unpaired) electrons. The summed E-state index contributed by atoms with van der Waals surface area (Å²) in [6.45, 7) is 4.97. The van der Waals surface area contributed by atoms with Gasteiger partial charge in [-0.05, 0) is 45.8 Å². The van der Waals surface area contributed by atoms with Crippen LogP contribution in [0.15, 0.2) is 0 Å². The Morgan fingerprint density at radius 1 is 1.56 bits per heavy atom. The smallest absolute Gasteiger partial charge is 0.355 e. The third-order valence-corrected chi connectivity index (χ3v) is 4.31. The second-order valence-electron chi connectivity index (χ2n) is 4.86. The fourth-order valence-corrected chi connectivity index (χ4v) is 2.98. The maximum Gasteiger partial charge on any atom is 0.355 e. The van der Waals surface area contributed by atoms with Crippen LogP contribution in [0.2, 0.25) is 0 Å². The topological polar surface area (TPSA) is 65.5 Å². The van der Waals surface area contributed by atoms with Gasteiger partial charge in [-0.15, -0.1) is 11.3 Å². The van der Waals surface area contributed by atoms with Gasteiger partial charge in [0.05, 0.1) is 0 Å². The van der Waals surface area contributed by atoms with E-state index in [0.29, 0.717) is 5.92 Å². The van der Waals surface area contributed by atoms with E-state index in [1.165, 1.54) is 24.2 Å². The molecule has 0 atom stereocenters. The number of nitrogens with zero attached hydrogens (tertiary/aromatic N) is 2. The first-order valence-corrected chi connectivity index (χ1v) is 7.01. The van der Waals surface area contributed by atoms with Crippen molar-refractivity contribution in [3.63, 3.8) is 0 Å².